The summed E-state index contributed by atoms with van der Waals surface area (Å²) in [6.45, 7) is 3.73. The first-order chi connectivity index (χ1) is 26.3. The third kappa shape index (κ3) is 9.92. The number of nitrogen functional groups attached to an aromatic ring is 1. The Bertz CT molecular complexity index is 2360. The van der Waals surface area contributed by atoms with E-state index in [0.29, 0.717) is 78.1 Å². The Labute approximate surface area is 315 Å². The maximum absolute atomic E-state index is 11.3. The third-order valence-electron chi connectivity index (χ3n) is 7.54. The minimum Gasteiger partial charge on any atom is -0.505 e. The first-order valence-electron chi connectivity index (χ1n) is 15.7. The van der Waals surface area contributed by atoms with Crippen LogP contribution in [0.4, 0.5) is 51.2 Å². The topological polar surface area (TPSA) is 223 Å². The van der Waals surface area contributed by atoms with E-state index in [2.05, 4.69) is 55.3 Å². The summed E-state index contributed by atoms with van der Waals surface area (Å²) in [5.41, 5.74) is 12.2. The molecule has 6 aromatic carbocycles. The van der Waals surface area contributed by atoms with Gasteiger partial charge in [-0.1, -0.05) is 10.1 Å². The summed E-state index contributed by atoms with van der Waals surface area (Å²) >= 11 is 1.50. The maximum Gasteiger partial charge on any atom is 0.152 e. The molecule has 0 heterocycles. The molecule has 272 valence electrons. The van der Waals surface area contributed by atoms with E-state index in [1.807, 2.05) is 26.0 Å². The second-order valence-electron chi connectivity index (χ2n) is 11.3. The molecule has 6 rings (SSSR count). The molecule has 0 bridgehead atoms. The van der Waals surface area contributed by atoms with Gasteiger partial charge >= 0.3 is 0 Å². The fourth-order valence-corrected chi connectivity index (χ4v) is 5.66. The number of rotatable bonds is 14. The molecule has 16 nitrogen and oxygen atoms in total. The van der Waals surface area contributed by atoms with Gasteiger partial charge in [0.2, 0.25) is 0 Å². The van der Waals surface area contributed by atoms with Crippen molar-refractivity contribution in [1.82, 2.24) is 0 Å². The number of hydrogen-bond donors (Lipinski definition) is 4. The Morgan fingerprint density at radius 2 is 0.981 bits per heavy atom. The molecule has 0 atom stereocenters. The van der Waals surface area contributed by atoms with Gasteiger partial charge in [0.25, 0.3) is 0 Å². The van der Waals surface area contributed by atoms with Gasteiger partial charge in [0.1, 0.15) is 5.69 Å². The lowest BCUT2D eigenvalue weighted by Crippen LogP contribution is -1.84. The molecule has 0 saturated heterocycles. The summed E-state index contributed by atoms with van der Waals surface area (Å²) in [5, 5.41) is 71.4. The highest BCUT2D eigenvalue weighted by atomic mass is 32.2. The highest BCUT2D eigenvalue weighted by Crippen LogP contribution is 2.45. The fraction of sp³-hybridized carbons (Fsp3) is 0.0556. The van der Waals surface area contributed by atoms with Crippen molar-refractivity contribution in [2.45, 2.75) is 23.6 Å². The second kappa shape index (κ2) is 18.2. The Hall–Kier alpha value is -5.96. The molecule has 0 spiro atoms. The zero-order chi connectivity index (χ0) is 37.9. The molecule has 0 aliphatic rings. The van der Waals surface area contributed by atoms with Gasteiger partial charge in [-0.05, 0) is 140 Å². The van der Waals surface area contributed by atoms with Gasteiger partial charge < -0.3 is 10.8 Å². The molecule has 6 aromatic rings. The zero-order valence-electron chi connectivity index (χ0n) is 28.3. The van der Waals surface area contributed by atoms with Crippen LogP contribution in [0.1, 0.15) is 11.1 Å². The lowest BCUT2D eigenvalue weighted by molar-refractivity contribution is -0.432. The molecule has 0 radical (unpaired) electrons. The van der Waals surface area contributed by atoms with Crippen LogP contribution >= 0.6 is 24.1 Å². The molecule has 0 aromatic heterocycles. The van der Waals surface area contributed by atoms with Crippen LogP contribution in [-0.4, -0.2) is 15.6 Å². The predicted octanol–water partition coefficient (Wildman–Crippen LogP) is 13.3. The standard InChI is InChI=1S/C36H29N9O7S2/c1-21-18-33(22(2)17-32(21)43-41-27-9-7-26(8-10-27)38-39-28-11-14-30(15-12-28)53-51-49-47)44-45-35-34(54-52-50-48)20-23-19-29(13-16-31(23)36(35)46)42-40-25-5-3-24(37)4-6-25/h3-20,46-48H,37H2,1-2H3. The fourth-order valence-electron chi connectivity index (χ4n) is 4.81. The number of nitrogens with zero attached hydrogens (tertiary/aromatic N) is 8. The van der Waals surface area contributed by atoms with Crippen LogP contribution in [0.5, 0.6) is 5.75 Å². The third-order valence-corrected chi connectivity index (χ3v) is 8.75. The van der Waals surface area contributed by atoms with E-state index in [0.717, 1.165) is 23.2 Å². The molecule has 0 unspecified atom stereocenters. The monoisotopic (exact) mass is 763 g/mol. The number of phenolic OH excluding ortho intramolecular Hbond substituents is 1. The molecular formula is C36H29N9O7S2. The summed E-state index contributed by atoms with van der Waals surface area (Å²) in [5.74, 6) is -0.163. The predicted molar refractivity (Wildman–Crippen MR) is 203 cm³/mol. The lowest BCUT2D eigenvalue weighted by Gasteiger charge is -2.10. The smallest absolute Gasteiger partial charge is 0.152 e. The quantitative estimate of drug-likeness (QED) is 0.0270. The van der Waals surface area contributed by atoms with Crippen molar-refractivity contribution in [2.75, 3.05) is 5.73 Å². The van der Waals surface area contributed by atoms with Crippen LogP contribution < -0.4 is 5.73 Å². The first kappa shape index (κ1) is 37.8. The van der Waals surface area contributed by atoms with Gasteiger partial charge in [-0.25, -0.2) is 10.5 Å². The SMILES string of the molecule is Cc1cc(N=Nc2c(SOOO)cc3cc(N=Nc4ccc(N)cc4)ccc3c2O)c(C)cc1N=Nc1ccc(N=Nc2ccc(SOOO)cc2)cc1. The van der Waals surface area contributed by atoms with Crippen molar-refractivity contribution < 1.29 is 34.4 Å². The number of fused-ring (bicyclic) bond motifs is 1. The van der Waals surface area contributed by atoms with Gasteiger partial charge in [0.05, 0.1) is 68.8 Å². The van der Waals surface area contributed by atoms with Crippen LogP contribution in [0.15, 0.2) is 160 Å². The van der Waals surface area contributed by atoms with Gasteiger partial charge in [-0.3, -0.25) is 0 Å². The summed E-state index contributed by atoms with van der Waals surface area (Å²) in [6, 6.07) is 31.5. The van der Waals surface area contributed by atoms with Crippen molar-refractivity contribution in [1.29, 1.82) is 0 Å². The molecule has 0 amide bonds. The summed E-state index contributed by atoms with van der Waals surface area (Å²) in [6.07, 6.45) is 0. The first-order valence-corrected chi connectivity index (χ1v) is 17.2. The maximum atomic E-state index is 11.3. The number of nitrogens with two attached hydrogens (primary N) is 1. The van der Waals surface area contributed by atoms with E-state index in [1.54, 1.807) is 97.1 Å². The Balaban J connectivity index is 1.16. The highest BCUT2D eigenvalue weighted by Gasteiger charge is 2.16. The molecule has 5 N–H and O–H groups in total. The van der Waals surface area contributed by atoms with Crippen LogP contribution in [0, 0.1) is 13.8 Å². The molecule has 18 heteroatoms. The summed E-state index contributed by atoms with van der Waals surface area (Å²) < 4.78 is 9.10. The zero-order valence-corrected chi connectivity index (χ0v) is 30.0. The molecule has 0 aliphatic carbocycles. The van der Waals surface area contributed by atoms with E-state index < -0.39 is 0 Å². The number of benzene rings is 6. The molecular weight excluding hydrogens is 735 g/mol. The number of azo groups is 4. The van der Waals surface area contributed by atoms with Crippen LogP contribution in [0.25, 0.3) is 10.8 Å². The molecule has 0 aliphatic heterocycles. The number of aryl methyl sites for hydroxylation is 2. The van der Waals surface area contributed by atoms with E-state index in [-0.39, 0.29) is 11.4 Å². The average molecular weight is 764 g/mol. The Kier molecular flexibility index (Phi) is 12.7. The number of aromatic hydroxyl groups is 1. The van der Waals surface area contributed by atoms with Crippen LogP contribution in [0.3, 0.4) is 0 Å². The van der Waals surface area contributed by atoms with Crippen molar-refractivity contribution in [3.05, 3.63) is 120 Å². The van der Waals surface area contributed by atoms with Crippen molar-refractivity contribution in [3.63, 3.8) is 0 Å². The lowest BCUT2D eigenvalue weighted by atomic mass is 10.1. The Morgan fingerprint density at radius 3 is 1.56 bits per heavy atom. The second-order valence-corrected chi connectivity index (χ2v) is 12.8. The molecule has 0 fully saturated rings. The summed E-state index contributed by atoms with van der Waals surface area (Å²) in [7, 11) is 0. The van der Waals surface area contributed by atoms with Crippen molar-refractivity contribution in [3.8, 4) is 5.75 Å². The minimum absolute atomic E-state index is 0.0986. The van der Waals surface area contributed by atoms with Crippen molar-refractivity contribution in [2.24, 2.45) is 40.9 Å². The minimum atomic E-state index is -0.163. The molecule has 54 heavy (non-hydrogen) atoms. The van der Waals surface area contributed by atoms with E-state index in [1.165, 1.54) is 0 Å². The average Bonchev–Trinajstić information content (AvgIpc) is 3.19. The normalized spacial score (nSPS) is 12.0. The van der Waals surface area contributed by atoms with Crippen LogP contribution in [0.2, 0.25) is 0 Å². The van der Waals surface area contributed by atoms with Gasteiger partial charge in [-0.15, -0.1) is 13.8 Å². The van der Waals surface area contributed by atoms with Crippen molar-refractivity contribution >= 4 is 86.0 Å². The van der Waals surface area contributed by atoms with E-state index in [4.69, 9.17) is 20.6 Å². The van der Waals surface area contributed by atoms with Gasteiger partial charge in [-0.2, -0.15) is 35.8 Å². The number of phenols is 1. The Morgan fingerprint density at radius 1 is 0.519 bits per heavy atom. The number of hydrogen-bond acceptors (Lipinski definition) is 18. The van der Waals surface area contributed by atoms with Gasteiger partial charge in [0.15, 0.2) is 5.75 Å². The van der Waals surface area contributed by atoms with Crippen LogP contribution in [-0.2, 0) is 18.7 Å². The largest absolute Gasteiger partial charge is 0.505 e. The van der Waals surface area contributed by atoms with E-state index in [9.17, 15) is 5.11 Å². The molecule has 0 saturated carbocycles. The van der Waals surface area contributed by atoms with E-state index >= 15 is 0 Å². The summed E-state index contributed by atoms with van der Waals surface area (Å²) in [4.78, 5) is 1.03. The number of anilines is 1. The van der Waals surface area contributed by atoms with Gasteiger partial charge in [0, 0.05) is 16.0 Å². The highest BCUT2D eigenvalue weighted by molar-refractivity contribution is 7.94.